The lowest BCUT2D eigenvalue weighted by molar-refractivity contribution is 0.0754. The number of nitrogens with two attached hydrogens (primary N) is 1. The summed E-state index contributed by atoms with van der Waals surface area (Å²) in [5, 5.41) is 2.22. The van der Waals surface area contributed by atoms with E-state index in [1.807, 2.05) is 11.3 Å². The fourth-order valence-electron chi connectivity index (χ4n) is 3.44. The van der Waals surface area contributed by atoms with Crippen LogP contribution >= 0.6 is 11.3 Å². The van der Waals surface area contributed by atoms with Crippen molar-refractivity contribution in [1.29, 1.82) is 0 Å². The van der Waals surface area contributed by atoms with Gasteiger partial charge in [-0.1, -0.05) is 37.3 Å². The predicted molar refractivity (Wildman–Crippen MR) is 90.7 cm³/mol. The van der Waals surface area contributed by atoms with E-state index in [1.165, 1.54) is 17.5 Å². The fourth-order valence-corrected chi connectivity index (χ4v) is 4.32. The Kier molecular flexibility index (Phi) is 4.43. The molecule has 2 nitrogen and oxygen atoms in total. The maximum atomic E-state index is 6.25. The molecule has 1 atom stereocenters. The summed E-state index contributed by atoms with van der Waals surface area (Å²) in [5.74, 6) is 0. The zero-order chi connectivity index (χ0) is 14.7. The first-order valence-electron chi connectivity index (χ1n) is 7.82. The molecule has 0 fully saturated rings. The molecular weight excluding hydrogens is 276 g/mol. The Morgan fingerprint density at radius 1 is 1.24 bits per heavy atom. The van der Waals surface area contributed by atoms with E-state index in [-0.39, 0.29) is 5.54 Å². The Balaban J connectivity index is 1.84. The molecule has 0 spiro atoms. The van der Waals surface area contributed by atoms with Gasteiger partial charge in [-0.15, -0.1) is 11.3 Å². The summed E-state index contributed by atoms with van der Waals surface area (Å²) in [6, 6.07) is 13.1. The van der Waals surface area contributed by atoms with Crippen LogP contribution in [0.25, 0.3) is 0 Å². The van der Waals surface area contributed by atoms with Crippen molar-refractivity contribution in [1.82, 2.24) is 4.90 Å². The molecule has 1 aromatic heterocycles. The van der Waals surface area contributed by atoms with Crippen LogP contribution in [-0.2, 0) is 19.4 Å². The van der Waals surface area contributed by atoms with Gasteiger partial charge in [-0.3, -0.25) is 4.90 Å². The minimum absolute atomic E-state index is 0.0843. The molecular formula is C18H24N2S. The van der Waals surface area contributed by atoms with E-state index in [4.69, 9.17) is 5.73 Å². The van der Waals surface area contributed by atoms with Gasteiger partial charge in [-0.05, 0) is 41.8 Å². The third-order valence-electron chi connectivity index (χ3n) is 4.89. The number of benzene rings is 1. The number of nitrogens with zero attached hydrogens (tertiary/aromatic N) is 1. The third kappa shape index (κ3) is 2.91. The van der Waals surface area contributed by atoms with Gasteiger partial charge in [0.05, 0.1) is 0 Å². The average molecular weight is 300 g/mol. The molecule has 0 amide bonds. The summed E-state index contributed by atoms with van der Waals surface area (Å²) in [5.41, 5.74) is 9.23. The number of rotatable bonds is 5. The van der Waals surface area contributed by atoms with Crippen molar-refractivity contribution in [3.63, 3.8) is 0 Å². The SMILES string of the molecule is CCC(CN)(Cc1ccccc1)N1CCc2sccc2C1. The van der Waals surface area contributed by atoms with Crippen molar-refractivity contribution in [2.45, 2.75) is 38.3 Å². The average Bonchev–Trinajstić information content (AvgIpc) is 3.01. The Bertz CT molecular complexity index is 572. The van der Waals surface area contributed by atoms with E-state index < -0.39 is 0 Å². The van der Waals surface area contributed by atoms with Crippen molar-refractivity contribution in [2.24, 2.45) is 5.73 Å². The molecule has 21 heavy (non-hydrogen) atoms. The highest BCUT2D eigenvalue weighted by molar-refractivity contribution is 7.10. The van der Waals surface area contributed by atoms with Crippen LogP contribution in [0, 0.1) is 0 Å². The summed E-state index contributed by atoms with van der Waals surface area (Å²) >= 11 is 1.90. The van der Waals surface area contributed by atoms with E-state index in [9.17, 15) is 0 Å². The van der Waals surface area contributed by atoms with Crippen molar-refractivity contribution >= 4 is 11.3 Å². The summed E-state index contributed by atoms with van der Waals surface area (Å²) < 4.78 is 0. The van der Waals surface area contributed by atoms with Crippen LogP contribution < -0.4 is 5.73 Å². The van der Waals surface area contributed by atoms with Gasteiger partial charge >= 0.3 is 0 Å². The van der Waals surface area contributed by atoms with Gasteiger partial charge < -0.3 is 5.73 Å². The molecule has 0 saturated heterocycles. The maximum absolute atomic E-state index is 6.25. The highest BCUT2D eigenvalue weighted by Gasteiger charge is 2.36. The zero-order valence-electron chi connectivity index (χ0n) is 12.7. The molecule has 2 N–H and O–H groups in total. The zero-order valence-corrected chi connectivity index (χ0v) is 13.5. The molecule has 2 heterocycles. The van der Waals surface area contributed by atoms with Gasteiger partial charge in [0.1, 0.15) is 0 Å². The van der Waals surface area contributed by atoms with E-state index in [0.717, 1.165) is 32.5 Å². The van der Waals surface area contributed by atoms with Gasteiger partial charge in [0, 0.05) is 30.1 Å². The summed E-state index contributed by atoms with van der Waals surface area (Å²) in [4.78, 5) is 4.18. The topological polar surface area (TPSA) is 29.3 Å². The molecule has 0 aliphatic carbocycles. The number of hydrogen-bond donors (Lipinski definition) is 1. The smallest absolute Gasteiger partial charge is 0.0373 e. The lowest BCUT2D eigenvalue weighted by Gasteiger charge is -2.45. The van der Waals surface area contributed by atoms with Crippen LogP contribution in [0.5, 0.6) is 0 Å². The fraction of sp³-hybridized carbons (Fsp3) is 0.444. The summed E-state index contributed by atoms with van der Waals surface area (Å²) in [6.45, 7) is 5.18. The Labute approximate surface area is 131 Å². The Hall–Kier alpha value is -1.16. The molecule has 0 bridgehead atoms. The second-order valence-corrected chi connectivity index (χ2v) is 6.99. The van der Waals surface area contributed by atoms with Crippen molar-refractivity contribution in [3.8, 4) is 0 Å². The van der Waals surface area contributed by atoms with Crippen LogP contribution in [0.4, 0.5) is 0 Å². The van der Waals surface area contributed by atoms with E-state index >= 15 is 0 Å². The maximum Gasteiger partial charge on any atom is 0.0373 e. The second-order valence-electron chi connectivity index (χ2n) is 5.98. The quantitative estimate of drug-likeness (QED) is 0.916. The number of hydrogen-bond acceptors (Lipinski definition) is 3. The second kappa shape index (κ2) is 6.30. The molecule has 112 valence electrons. The normalized spacial score (nSPS) is 18.2. The lowest BCUT2D eigenvalue weighted by Crippen LogP contribution is -2.56. The van der Waals surface area contributed by atoms with E-state index in [0.29, 0.717) is 0 Å². The molecule has 2 aromatic rings. The third-order valence-corrected chi connectivity index (χ3v) is 5.92. The van der Waals surface area contributed by atoms with Crippen LogP contribution in [0.2, 0.25) is 0 Å². The minimum Gasteiger partial charge on any atom is -0.329 e. The first-order chi connectivity index (χ1) is 10.3. The first kappa shape index (κ1) is 14.8. The highest BCUT2D eigenvalue weighted by atomic mass is 32.1. The predicted octanol–water partition coefficient (Wildman–Crippen LogP) is 3.46. The Morgan fingerprint density at radius 2 is 2.05 bits per heavy atom. The summed E-state index contributed by atoms with van der Waals surface area (Å²) in [7, 11) is 0. The lowest BCUT2D eigenvalue weighted by atomic mass is 9.85. The van der Waals surface area contributed by atoms with Gasteiger partial charge in [0.25, 0.3) is 0 Å². The van der Waals surface area contributed by atoms with Crippen LogP contribution in [0.1, 0.15) is 29.3 Å². The molecule has 1 aliphatic heterocycles. The van der Waals surface area contributed by atoms with Crippen molar-refractivity contribution < 1.29 is 0 Å². The monoisotopic (exact) mass is 300 g/mol. The molecule has 1 unspecified atom stereocenters. The summed E-state index contributed by atoms with van der Waals surface area (Å²) in [6.07, 6.45) is 3.31. The number of fused-ring (bicyclic) bond motifs is 1. The van der Waals surface area contributed by atoms with E-state index in [1.54, 1.807) is 4.88 Å². The molecule has 0 radical (unpaired) electrons. The standard InChI is InChI=1S/C18H24N2S/c1-2-18(14-19,12-15-6-4-3-5-7-15)20-10-8-17-16(13-20)9-11-21-17/h3-7,9,11H,2,8,10,12-14,19H2,1H3. The minimum atomic E-state index is 0.0843. The van der Waals surface area contributed by atoms with E-state index in [2.05, 4.69) is 53.6 Å². The van der Waals surface area contributed by atoms with Gasteiger partial charge in [0.15, 0.2) is 0 Å². The largest absolute Gasteiger partial charge is 0.329 e. The van der Waals surface area contributed by atoms with Crippen LogP contribution in [-0.4, -0.2) is 23.5 Å². The Morgan fingerprint density at radius 3 is 2.76 bits per heavy atom. The van der Waals surface area contributed by atoms with Gasteiger partial charge in [-0.25, -0.2) is 0 Å². The molecule has 1 aliphatic rings. The number of thiophene rings is 1. The van der Waals surface area contributed by atoms with Crippen molar-refractivity contribution in [2.75, 3.05) is 13.1 Å². The molecule has 3 heteroatoms. The highest BCUT2D eigenvalue weighted by Crippen LogP contribution is 2.32. The molecule has 1 aromatic carbocycles. The molecule has 3 rings (SSSR count). The molecule has 0 saturated carbocycles. The van der Waals surface area contributed by atoms with Gasteiger partial charge in [-0.2, -0.15) is 0 Å². The van der Waals surface area contributed by atoms with Crippen LogP contribution in [0.15, 0.2) is 41.8 Å². The van der Waals surface area contributed by atoms with Gasteiger partial charge in [0.2, 0.25) is 0 Å². The van der Waals surface area contributed by atoms with Crippen molar-refractivity contribution in [3.05, 3.63) is 57.8 Å². The first-order valence-corrected chi connectivity index (χ1v) is 8.69. The van der Waals surface area contributed by atoms with Crippen LogP contribution in [0.3, 0.4) is 0 Å².